The van der Waals surface area contributed by atoms with E-state index in [-0.39, 0.29) is 5.41 Å². The molecular formula is C22H27NO4. The van der Waals surface area contributed by atoms with Crippen LogP contribution in [0.3, 0.4) is 0 Å². The number of benzene rings is 2. The normalized spacial score (nSPS) is 13.6. The molecule has 2 N–H and O–H groups in total. The average molecular weight is 369 g/mol. The fraction of sp³-hybridized carbons (Fsp3) is 0.364. The maximum absolute atomic E-state index is 12.6. The Hall–Kier alpha value is -2.82. The number of hydrogen-bond donors (Lipinski definition) is 1. The summed E-state index contributed by atoms with van der Waals surface area (Å²) >= 11 is 0. The molecule has 0 fully saturated rings. The topological polar surface area (TPSA) is 78.6 Å². The molecule has 0 spiro atoms. The molecule has 0 saturated carbocycles. The Kier molecular flexibility index (Phi) is 5.64. The van der Waals surface area contributed by atoms with Crippen LogP contribution in [0.4, 0.5) is 0 Å². The van der Waals surface area contributed by atoms with E-state index < -0.39 is 17.3 Å². The maximum Gasteiger partial charge on any atom is 0.274 e. The molecule has 0 aliphatic heterocycles. The molecule has 0 aliphatic carbocycles. The first-order chi connectivity index (χ1) is 12.5. The van der Waals surface area contributed by atoms with Crippen molar-refractivity contribution < 1.29 is 19.1 Å². The molecule has 0 heterocycles. The molecule has 5 nitrogen and oxygen atoms in total. The van der Waals surface area contributed by atoms with E-state index in [1.807, 2.05) is 12.1 Å². The summed E-state index contributed by atoms with van der Waals surface area (Å²) in [5.41, 5.74) is 5.93. The summed E-state index contributed by atoms with van der Waals surface area (Å²) < 4.78 is 11.2. The second kappa shape index (κ2) is 7.43. The van der Waals surface area contributed by atoms with Crippen molar-refractivity contribution in [3.63, 3.8) is 0 Å². The molecule has 1 unspecified atom stereocenters. The van der Waals surface area contributed by atoms with Crippen LogP contribution in [0.25, 0.3) is 0 Å². The van der Waals surface area contributed by atoms with Gasteiger partial charge in [-0.1, -0.05) is 39.0 Å². The number of Topliss-reactive ketones (excluding diaryl/α,β-unsaturated/α-hetero) is 1. The van der Waals surface area contributed by atoms with E-state index in [1.54, 1.807) is 37.3 Å². The zero-order valence-electron chi connectivity index (χ0n) is 16.8. The lowest BCUT2D eigenvalue weighted by Gasteiger charge is -2.31. The minimum Gasteiger partial charge on any atom is -0.497 e. The van der Waals surface area contributed by atoms with Gasteiger partial charge in [-0.2, -0.15) is 0 Å². The lowest BCUT2D eigenvalue weighted by Crippen LogP contribution is -2.52. The number of methoxy groups -OCH3 is 1. The third-order valence-electron chi connectivity index (χ3n) is 4.66. The molecule has 0 aromatic heterocycles. The Bertz CT molecular complexity index is 834. The number of primary amides is 1. The Labute approximate surface area is 160 Å². The van der Waals surface area contributed by atoms with Gasteiger partial charge in [0.15, 0.2) is 5.78 Å². The summed E-state index contributed by atoms with van der Waals surface area (Å²) in [7, 11) is 1.51. The quantitative estimate of drug-likeness (QED) is 0.788. The highest BCUT2D eigenvalue weighted by Gasteiger charge is 2.47. The highest BCUT2D eigenvalue weighted by molar-refractivity contribution is 6.09. The first-order valence-electron chi connectivity index (χ1n) is 8.78. The first-order valence-corrected chi connectivity index (χ1v) is 8.78. The van der Waals surface area contributed by atoms with Crippen molar-refractivity contribution in [2.45, 2.75) is 45.6 Å². The van der Waals surface area contributed by atoms with Crippen molar-refractivity contribution in [1.29, 1.82) is 0 Å². The summed E-state index contributed by atoms with van der Waals surface area (Å²) in [4.78, 5) is 25.1. The predicted molar refractivity (Wildman–Crippen MR) is 105 cm³/mol. The number of ether oxygens (including phenoxy) is 2. The number of ketones is 1. The number of amides is 1. The molecule has 27 heavy (non-hydrogen) atoms. The van der Waals surface area contributed by atoms with E-state index >= 15 is 0 Å². The Balaban J connectivity index is 2.59. The van der Waals surface area contributed by atoms with E-state index in [1.165, 1.54) is 14.0 Å². The summed E-state index contributed by atoms with van der Waals surface area (Å²) in [5, 5.41) is 0. The number of hydrogen-bond acceptors (Lipinski definition) is 4. The SMILES string of the molecule is COc1ccc(C)c(C(Oc2ccc(C(C)(C)C)cc2)(C(C)=O)C(N)=O)c1. The van der Waals surface area contributed by atoms with E-state index in [4.69, 9.17) is 15.2 Å². The molecule has 0 saturated heterocycles. The summed E-state index contributed by atoms with van der Waals surface area (Å²) in [5.74, 6) is -0.467. The monoisotopic (exact) mass is 369 g/mol. The van der Waals surface area contributed by atoms with Gasteiger partial charge in [0.1, 0.15) is 11.5 Å². The van der Waals surface area contributed by atoms with Gasteiger partial charge in [-0.25, -0.2) is 0 Å². The standard InChI is InChI=1S/C22H27NO4/c1-14-7-10-18(26-6)13-19(14)22(15(2)24,20(23)25)27-17-11-8-16(9-12-17)21(3,4)5/h7-13H,1-6H3,(H2,23,25). The molecule has 1 amide bonds. The second-order valence-electron chi connectivity index (χ2n) is 7.66. The van der Waals surface area contributed by atoms with Crippen LogP contribution in [0.2, 0.25) is 0 Å². The van der Waals surface area contributed by atoms with Crippen LogP contribution >= 0.6 is 0 Å². The van der Waals surface area contributed by atoms with Gasteiger partial charge in [0.2, 0.25) is 0 Å². The number of rotatable bonds is 6. The molecule has 0 aliphatic rings. The van der Waals surface area contributed by atoms with Gasteiger partial charge in [-0.05, 0) is 54.7 Å². The lowest BCUT2D eigenvalue weighted by molar-refractivity contribution is -0.146. The molecule has 144 valence electrons. The highest BCUT2D eigenvalue weighted by atomic mass is 16.5. The third-order valence-corrected chi connectivity index (χ3v) is 4.66. The molecule has 0 bridgehead atoms. The van der Waals surface area contributed by atoms with Gasteiger partial charge >= 0.3 is 0 Å². The molecule has 2 rings (SSSR count). The molecule has 5 heteroatoms. The van der Waals surface area contributed by atoms with E-state index in [0.717, 1.165) is 5.56 Å². The number of nitrogens with two attached hydrogens (primary N) is 1. The molecule has 2 aromatic carbocycles. The Morgan fingerprint density at radius 1 is 0.963 bits per heavy atom. The van der Waals surface area contributed by atoms with Crippen LogP contribution in [0.1, 0.15) is 44.4 Å². The molecule has 1 atom stereocenters. The number of carbonyl (C=O) groups excluding carboxylic acids is 2. The van der Waals surface area contributed by atoms with Crippen LogP contribution in [0, 0.1) is 6.92 Å². The van der Waals surface area contributed by atoms with Crippen molar-refractivity contribution >= 4 is 11.7 Å². The van der Waals surface area contributed by atoms with Gasteiger partial charge in [-0.15, -0.1) is 0 Å². The van der Waals surface area contributed by atoms with Crippen molar-refractivity contribution in [2.24, 2.45) is 5.73 Å². The minimum absolute atomic E-state index is 0.0245. The Morgan fingerprint density at radius 2 is 1.52 bits per heavy atom. The van der Waals surface area contributed by atoms with Gasteiger partial charge < -0.3 is 15.2 Å². The zero-order valence-corrected chi connectivity index (χ0v) is 16.8. The van der Waals surface area contributed by atoms with Crippen molar-refractivity contribution in [3.05, 3.63) is 59.2 Å². The zero-order chi connectivity index (χ0) is 20.4. The Morgan fingerprint density at radius 3 is 1.96 bits per heavy atom. The van der Waals surface area contributed by atoms with Crippen LogP contribution in [-0.2, 0) is 20.6 Å². The van der Waals surface area contributed by atoms with Crippen molar-refractivity contribution in [1.82, 2.24) is 0 Å². The van der Waals surface area contributed by atoms with Crippen LogP contribution in [0.5, 0.6) is 11.5 Å². The van der Waals surface area contributed by atoms with Crippen LogP contribution in [0.15, 0.2) is 42.5 Å². The van der Waals surface area contributed by atoms with E-state index in [9.17, 15) is 9.59 Å². The largest absolute Gasteiger partial charge is 0.497 e. The van der Waals surface area contributed by atoms with Crippen molar-refractivity contribution in [3.8, 4) is 11.5 Å². The number of aryl methyl sites for hydroxylation is 1. The predicted octanol–water partition coefficient (Wildman–Crippen LogP) is 3.65. The van der Waals surface area contributed by atoms with Gasteiger partial charge in [0.05, 0.1) is 7.11 Å². The van der Waals surface area contributed by atoms with Gasteiger partial charge in [0, 0.05) is 5.56 Å². The highest BCUT2D eigenvalue weighted by Crippen LogP contribution is 2.35. The van der Waals surface area contributed by atoms with Crippen LogP contribution in [-0.4, -0.2) is 18.8 Å². The second-order valence-corrected chi connectivity index (χ2v) is 7.66. The fourth-order valence-corrected chi connectivity index (χ4v) is 2.98. The minimum atomic E-state index is -1.93. The summed E-state index contributed by atoms with van der Waals surface area (Å²) in [6.45, 7) is 9.40. The van der Waals surface area contributed by atoms with E-state index in [0.29, 0.717) is 22.6 Å². The molecular weight excluding hydrogens is 342 g/mol. The fourth-order valence-electron chi connectivity index (χ4n) is 2.98. The summed E-state index contributed by atoms with van der Waals surface area (Å²) in [6, 6.07) is 12.5. The molecule has 2 aromatic rings. The summed E-state index contributed by atoms with van der Waals surface area (Å²) in [6.07, 6.45) is 0. The third kappa shape index (κ3) is 3.97. The van der Waals surface area contributed by atoms with Crippen LogP contribution < -0.4 is 15.2 Å². The van der Waals surface area contributed by atoms with Gasteiger partial charge in [-0.3, -0.25) is 9.59 Å². The smallest absolute Gasteiger partial charge is 0.274 e. The van der Waals surface area contributed by atoms with Crippen molar-refractivity contribution in [2.75, 3.05) is 7.11 Å². The lowest BCUT2D eigenvalue weighted by atomic mass is 9.85. The molecule has 0 radical (unpaired) electrons. The van der Waals surface area contributed by atoms with E-state index in [2.05, 4.69) is 20.8 Å². The maximum atomic E-state index is 12.6. The van der Waals surface area contributed by atoms with Gasteiger partial charge in [0.25, 0.3) is 11.5 Å². The number of carbonyl (C=O) groups is 2. The first kappa shape index (κ1) is 20.5. The average Bonchev–Trinajstić information content (AvgIpc) is 2.59.